The van der Waals surface area contributed by atoms with Crippen LogP contribution in [0, 0.1) is 12.5 Å². The summed E-state index contributed by atoms with van der Waals surface area (Å²) < 4.78 is 0. The molecule has 5 nitrogen and oxygen atoms in total. The number of anilines is 2. The molecule has 7 heteroatoms. The van der Waals surface area contributed by atoms with E-state index in [9.17, 15) is 9.90 Å². The van der Waals surface area contributed by atoms with E-state index in [1.54, 1.807) is 77.7 Å². The highest BCUT2D eigenvalue weighted by Gasteiger charge is 2.61. The van der Waals surface area contributed by atoms with E-state index >= 15 is 0 Å². The number of rotatable bonds is 4. The van der Waals surface area contributed by atoms with Crippen LogP contribution < -0.4 is 9.80 Å². The third-order valence-corrected chi connectivity index (χ3v) is 7.12. The van der Waals surface area contributed by atoms with E-state index in [0.717, 1.165) is 19.3 Å². The Balaban J connectivity index is 1.75. The van der Waals surface area contributed by atoms with Gasteiger partial charge < -0.3 is 5.11 Å². The number of carbonyl (C=O) groups excluding carboxylic acids is 1. The summed E-state index contributed by atoms with van der Waals surface area (Å²) in [6.07, 6.45) is 2.85. The first-order valence-corrected chi connectivity index (χ1v) is 11.5. The fourth-order valence-corrected chi connectivity index (χ4v) is 5.11. The molecule has 1 heterocycles. The van der Waals surface area contributed by atoms with Crippen LogP contribution in [0.25, 0.3) is 4.85 Å². The standard InChI is InChI=1S/C26H21Cl2N3O2/c1-29-21-7-3-6-18(16-21)26(33)24(17-4-2-5-17)30(22-12-8-19(27)9-13-22)25(32)31(26)23-14-10-20(28)11-15-23/h3,6-17,24,33H,2,4-5H2/t24-,26?/m1/s1. The molecule has 166 valence electrons. The Labute approximate surface area is 202 Å². The van der Waals surface area contributed by atoms with Gasteiger partial charge in [0.1, 0.15) is 0 Å². The Morgan fingerprint density at radius 2 is 1.55 bits per heavy atom. The Bertz CT molecular complexity index is 1240. The normalized spacial score (nSPS) is 22.8. The van der Waals surface area contributed by atoms with Gasteiger partial charge in [0, 0.05) is 21.4 Å². The fraction of sp³-hybridized carbons (Fsp3) is 0.231. The van der Waals surface area contributed by atoms with Gasteiger partial charge in [-0.05, 0) is 78.9 Å². The first-order chi connectivity index (χ1) is 15.9. The van der Waals surface area contributed by atoms with Gasteiger partial charge in [-0.3, -0.25) is 9.80 Å². The fourth-order valence-electron chi connectivity index (χ4n) is 4.85. The Morgan fingerprint density at radius 1 is 0.939 bits per heavy atom. The maximum Gasteiger partial charge on any atom is 0.332 e. The van der Waals surface area contributed by atoms with Gasteiger partial charge in [-0.25, -0.2) is 9.64 Å². The quantitative estimate of drug-likeness (QED) is 0.411. The second kappa shape index (κ2) is 8.39. The number of aliphatic hydroxyl groups is 1. The van der Waals surface area contributed by atoms with Crippen molar-refractivity contribution in [1.82, 2.24) is 0 Å². The minimum absolute atomic E-state index is 0.100. The van der Waals surface area contributed by atoms with Crippen LogP contribution in [0.2, 0.25) is 10.0 Å². The SMILES string of the molecule is [C-]#[N+]c1cccc(C2(O)[C@@H](C3CCC3)N(c3ccc(Cl)cc3)C(=O)N2c2ccc(Cl)cc2)c1. The number of benzene rings is 3. The molecule has 1 N–H and O–H groups in total. The van der Waals surface area contributed by atoms with Gasteiger partial charge >= 0.3 is 6.03 Å². The lowest BCUT2D eigenvalue weighted by atomic mass is 9.73. The van der Waals surface area contributed by atoms with Gasteiger partial charge in [-0.2, -0.15) is 0 Å². The molecular weight excluding hydrogens is 457 g/mol. The van der Waals surface area contributed by atoms with Crippen molar-refractivity contribution in [2.45, 2.75) is 31.0 Å². The molecule has 0 radical (unpaired) electrons. The van der Waals surface area contributed by atoms with Crippen LogP contribution >= 0.6 is 23.2 Å². The van der Waals surface area contributed by atoms with Crippen molar-refractivity contribution in [2.75, 3.05) is 9.80 Å². The largest absolute Gasteiger partial charge is 0.365 e. The number of nitrogens with zero attached hydrogens (tertiary/aromatic N) is 3. The Morgan fingerprint density at radius 3 is 2.09 bits per heavy atom. The molecule has 0 bridgehead atoms. The first kappa shape index (κ1) is 21.8. The molecule has 2 aliphatic rings. The number of halogens is 2. The number of hydrogen-bond donors (Lipinski definition) is 1. The molecule has 1 saturated heterocycles. The zero-order valence-electron chi connectivity index (χ0n) is 17.7. The zero-order valence-corrected chi connectivity index (χ0v) is 19.2. The van der Waals surface area contributed by atoms with Gasteiger partial charge in [0.2, 0.25) is 0 Å². The minimum atomic E-state index is -1.68. The van der Waals surface area contributed by atoms with Crippen LogP contribution in [0.1, 0.15) is 24.8 Å². The predicted octanol–water partition coefficient (Wildman–Crippen LogP) is 7.00. The summed E-state index contributed by atoms with van der Waals surface area (Å²) in [5, 5.41) is 13.6. The van der Waals surface area contributed by atoms with E-state index in [0.29, 0.717) is 32.7 Å². The summed E-state index contributed by atoms with van der Waals surface area (Å²) >= 11 is 12.2. The summed E-state index contributed by atoms with van der Waals surface area (Å²) in [7, 11) is 0. The van der Waals surface area contributed by atoms with Crippen LogP contribution in [0.4, 0.5) is 21.9 Å². The lowest BCUT2D eigenvalue weighted by molar-refractivity contribution is -0.00134. The van der Waals surface area contributed by atoms with Crippen LogP contribution in [0.5, 0.6) is 0 Å². The van der Waals surface area contributed by atoms with Crippen LogP contribution in [0.15, 0.2) is 72.8 Å². The second-order valence-electron chi connectivity index (χ2n) is 8.46. The van der Waals surface area contributed by atoms with Crippen molar-refractivity contribution in [3.05, 3.63) is 99.8 Å². The van der Waals surface area contributed by atoms with Gasteiger partial charge in [-0.1, -0.05) is 47.8 Å². The molecule has 2 fully saturated rings. The molecule has 33 heavy (non-hydrogen) atoms. The topological polar surface area (TPSA) is 48.1 Å². The Kier molecular flexibility index (Phi) is 5.54. The monoisotopic (exact) mass is 477 g/mol. The summed E-state index contributed by atoms with van der Waals surface area (Å²) in [5.41, 5.74) is 0.420. The number of amides is 2. The van der Waals surface area contributed by atoms with Gasteiger partial charge in [-0.15, -0.1) is 0 Å². The third kappa shape index (κ3) is 3.55. The van der Waals surface area contributed by atoms with Gasteiger partial charge in [0.15, 0.2) is 11.4 Å². The van der Waals surface area contributed by atoms with Crippen molar-refractivity contribution in [3.8, 4) is 0 Å². The van der Waals surface area contributed by atoms with E-state index in [-0.39, 0.29) is 11.9 Å². The molecule has 3 aromatic carbocycles. The van der Waals surface area contributed by atoms with Crippen molar-refractivity contribution in [1.29, 1.82) is 0 Å². The number of carbonyl (C=O) groups is 1. The van der Waals surface area contributed by atoms with E-state index in [1.165, 1.54) is 4.90 Å². The average molecular weight is 478 g/mol. The van der Waals surface area contributed by atoms with Crippen LogP contribution in [0.3, 0.4) is 0 Å². The predicted molar refractivity (Wildman–Crippen MR) is 131 cm³/mol. The van der Waals surface area contributed by atoms with E-state index in [1.807, 2.05) is 0 Å². The molecule has 3 aromatic rings. The summed E-state index contributed by atoms with van der Waals surface area (Å²) in [6.45, 7) is 7.45. The summed E-state index contributed by atoms with van der Waals surface area (Å²) in [4.78, 5) is 20.7. The van der Waals surface area contributed by atoms with Crippen molar-refractivity contribution < 1.29 is 9.90 Å². The molecule has 0 spiro atoms. The maximum absolute atomic E-state index is 14.0. The summed E-state index contributed by atoms with van der Waals surface area (Å²) in [5.74, 6) is 0.100. The Hall–Kier alpha value is -3.04. The summed E-state index contributed by atoms with van der Waals surface area (Å²) in [6, 6.07) is 19.9. The first-order valence-electron chi connectivity index (χ1n) is 10.8. The van der Waals surface area contributed by atoms with E-state index in [2.05, 4.69) is 4.85 Å². The molecule has 1 aliphatic heterocycles. The lowest BCUT2D eigenvalue weighted by Gasteiger charge is -2.44. The zero-order chi connectivity index (χ0) is 23.2. The lowest BCUT2D eigenvalue weighted by Crippen LogP contribution is -2.54. The van der Waals surface area contributed by atoms with Crippen molar-refractivity contribution >= 4 is 46.3 Å². The maximum atomic E-state index is 14.0. The molecule has 5 rings (SSSR count). The molecular formula is C26H21Cl2N3O2. The molecule has 2 amide bonds. The molecule has 0 aromatic heterocycles. The van der Waals surface area contributed by atoms with Crippen molar-refractivity contribution in [3.63, 3.8) is 0 Å². The third-order valence-electron chi connectivity index (χ3n) is 6.61. The van der Waals surface area contributed by atoms with Crippen LogP contribution in [-0.2, 0) is 5.72 Å². The molecule has 1 aliphatic carbocycles. The number of urea groups is 1. The molecule has 1 saturated carbocycles. The van der Waals surface area contributed by atoms with Gasteiger partial charge in [0.05, 0.1) is 12.6 Å². The molecule has 2 atom stereocenters. The van der Waals surface area contributed by atoms with E-state index < -0.39 is 11.8 Å². The highest BCUT2D eigenvalue weighted by Crippen LogP contribution is 2.51. The minimum Gasteiger partial charge on any atom is -0.365 e. The van der Waals surface area contributed by atoms with Crippen molar-refractivity contribution in [2.24, 2.45) is 5.92 Å². The average Bonchev–Trinajstić information content (AvgIpc) is 3.02. The smallest absolute Gasteiger partial charge is 0.332 e. The van der Waals surface area contributed by atoms with Crippen LogP contribution in [-0.4, -0.2) is 17.2 Å². The van der Waals surface area contributed by atoms with Gasteiger partial charge in [0.25, 0.3) is 0 Å². The highest BCUT2D eigenvalue weighted by molar-refractivity contribution is 6.31. The highest BCUT2D eigenvalue weighted by atomic mass is 35.5. The van der Waals surface area contributed by atoms with E-state index in [4.69, 9.17) is 29.8 Å². The second-order valence-corrected chi connectivity index (χ2v) is 9.34. The molecule has 1 unspecified atom stereocenters. The number of hydrogen-bond acceptors (Lipinski definition) is 2.